The highest BCUT2D eigenvalue weighted by molar-refractivity contribution is 5.87. The van der Waals surface area contributed by atoms with Gasteiger partial charge in [0.25, 0.3) is 5.69 Å². The van der Waals surface area contributed by atoms with Crippen LogP contribution in [0.4, 0.5) is 10.5 Å². The van der Waals surface area contributed by atoms with Crippen molar-refractivity contribution < 1.29 is 19.2 Å². The van der Waals surface area contributed by atoms with Crippen LogP contribution < -0.4 is 4.74 Å². The number of amides is 1. The van der Waals surface area contributed by atoms with Crippen molar-refractivity contribution in [1.29, 1.82) is 0 Å². The number of hydrogen-bond acceptors (Lipinski definition) is 5. The fourth-order valence-corrected chi connectivity index (χ4v) is 2.76. The lowest BCUT2D eigenvalue weighted by molar-refractivity contribution is -0.384. The maximum atomic E-state index is 12.0. The minimum atomic E-state index is -0.517. The number of Topliss-reactive ketones (excluding diaryl/α,β-unsaturated/α-hetero) is 1. The van der Waals surface area contributed by atoms with Crippen LogP contribution in [0.5, 0.6) is 5.75 Å². The predicted octanol–water partition coefficient (Wildman–Crippen LogP) is 1.76. The van der Waals surface area contributed by atoms with Gasteiger partial charge in [-0.25, -0.2) is 4.79 Å². The second-order valence-corrected chi connectivity index (χ2v) is 5.03. The number of nitro benzene ring substituents is 1. The average molecular weight is 276 g/mol. The Labute approximate surface area is 114 Å². The molecule has 2 bridgehead atoms. The van der Waals surface area contributed by atoms with E-state index in [2.05, 4.69) is 0 Å². The first-order chi connectivity index (χ1) is 9.54. The van der Waals surface area contributed by atoms with Gasteiger partial charge in [0.2, 0.25) is 0 Å². The number of fused-ring (bicyclic) bond motifs is 2. The molecule has 3 rings (SSSR count). The maximum Gasteiger partial charge on any atom is 0.415 e. The summed E-state index contributed by atoms with van der Waals surface area (Å²) >= 11 is 0. The van der Waals surface area contributed by atoms with E-state index in [1.165, 1.54) is 24.3 Å². The number of ether oxygens (including phenoxy) is 1. The van der Waals surface area contributed by atoms with Crippen molar-refractivity contribution in [1.82, 2.24) is 4.90 Å². The fraction of sp³-hybridized carbons (Fsp3) is 0.385. The zero-order valence-electron chi connectivity index (χ0n) is 10.5. The number of carbonyl (C=O) groups is 2. The van der Waals surface area contributed by atoms with Gasteiger partial charge in [-0.2, -0.15) is 0 Å². The summed E-state index contributed by atoms with van der Waals surface area (Å²) in [6.07, 6.45) is 0.618. The van der Waals surface area contributed by atoms with E-state index in [0.717, 1.165) is 0 Å². The maximum absolute atomic E-state index is 12.0. The van der Waals surface area contributed by atoms with E-state index in [9.17, 15) is 19.7 Å². The summed E-state index contributed by atoms with van der Waals surface area (Å²) in [5, 5.41) is 10.5. The van der Waals surface area contributed by atoms with Crippen molar-refractivity contribution in [3.8, 4) is 5.75 Å². The molecule has 20 heavy (non-hydrogen) atoms. The number of benzene rings is 1. The predicted molar refractivity (Wildman–Crippen MR) is 67.3 cm³/mol. The number of nitro groups is 1. The van der Waals surface area contributed by atoms with Crippen molar-refractivity contribution in [2.45, 2.75) is 18.9 Å². The molecule has 104 valence electrons. The molecule has 2 atom stereocenters. The van der Waals surface area contributed by atoms with Crippen LogP contribution in [0.2, 0.25) is 0 Å². The molecule has 1 aliphatic carbocycles. The second-order valence-electron chi connectivity index (χ2n) is 5.03. The van der Waals surface area contributed by atoms with Crippen LogP contribution in [0, 0.1) is 16.0 Å². The third-order valence-electron chi connectivity index (χ3n) is 3.79. The van der Waals surface area contributed by atoms with Crippen molar-refractivity contribution >= 4 is 17.6 Å². The second kappa shape index (κ2) is 4.59. The smallest absolute Gasteiger partial charge is 0.410 e. The van der Waals surface area contributed by atoms with Crippen molar-refractivity contribution in [2.24, 2.45) is 5.92 Å². The van der Waals surface area contributed by atoms with Crippen LogP contribution in [0.1, 0.15) is 12.8 Å². The minimum Gasteiger partial charge on any atom is -0.410 e. The Kier molecular flexibility index (Phi) is 2.89. The van der Waals surface area contributed by atoms with Crippen LogP contribution in [0.15, 0.2) is 24.3 Å². The normalized spacial score (nSPS) is 24.0. The fourth-order valence-electron chi connectivity index (χ4n) is 2.76. The number of ketones is 1. The lowest BCUT2D eigenvalue weighted by Gasteiger charge is -2.25. The first kappa shape index (κ1) is 12.6. The van der Waals surface area contributed by atoms with Gasteiger partial charge in [0, 0.05) is 37.1 Å². The Morgan fingerprint density at radius 1 is 1.35 bits per heavy atom. The van der Waals surface area contributed by atoms with E-state index in [1.807, 2.05) is 0 Å². The van der Waals surface area contributed by atoms with Crippen LogP contribution in [-0.4, -0.2) is 34.3 Å². The molecule has 0 N–H and O–H groups in total. The summed E-state index contributed by atoms with van der Waals surface area (Å²) in [5.41, 5.74) is -0.0596. The molecule has 0 spiro atoms. The topological polar surface area (TPSA) is 89.8 Å². The number of rotatable bonds is 2. The van der Waals surface area contributed by atoms with E-state index < -0.39 is 11.0 Å². The number of likely N-dealkylation sites (tertiary alicyclic amines) is 1. The Morgan fingerprint density at radius 3 is 2.55 bits per heavy atom. The molecule has 7 heteroatoms. The zero-order valence-corrected chi connectivity index (χ0v) is 10.5. The van der Waals surface area contributed by atoms with E-state index in [1.54, 1.807) is 4.90 Å². The Morgan fingerprint density at radius 2 is 2.05 bits per heavy atom. The number of hydrogen-bond donors (Lipinski definition) is 0. The third-order valence-corrected chi connectivity index (χ3v) is 3.79. The van der Waals surface area contributed by atoms with Gasteiger partial charge in [0.15, 0.2) is 0 Å². The van der Waals surface area contributed by atoms with E-state index >= 15 is 0 Å². The number of piperidine rings is 1. The first-order valence-corrected chi connectivity index (χ1v) is 6.30. The molecule has 2 aliphatic rings. The quantitative estimate of drug-likeness (QED) is 0.606. The molecule has 1 aliphatic heterocycles. The van der Waals surface area contributed by atoms with E-state index in [4.69, 9.17) is 4.74 Å². The average Bonchev–Trinajstić information content (AvgIpc) is 2.98. The number of nitrogens with zero attached hydrogens (tertiary/aromatic N) is 2. The largest absolute Gasteiger partial charge is 0.415 e. The highest BCUT2D eigenvalue weighted by atomic mass is 16.6. The van der Waals surface area contributed by atoms with Crippen LogP contribution in [-0.2, 0) is 4.79 Å². The summed E-state index contributed by atoms with van der Waals surface area (Å²) in [7, 11) is 0. The Balaban J connectivity index is 1.65. The van der Waals surface area contributed by atoms with Crippen LogP contribution in [0.25, 0.3) is 0 Å². The summed E-state index contributed by atoms with van der Waals surface area (Å²) in [6.45, 7) is 0.412. The molecule has 1 saturated heterocycles. The molecule has 1 amide bonds. The van der Waals surface area contributed by atoms with E-state index in [0.29, 0.717) is 19.4 Å². The molecule has 1 heterocycles. The lowest BCUT2D eigenvalue weighted by Crippen LogP contribution is -2.41. The molecule has 1 saturated carbocycles. The first-order valence-electron chi connectivity index (χ1n) is 6.30. The minimum absolute atomic E-state index is 0.0515. The Hall–Kier alpha value is -2.44. The van der Waals surface area contributed by atoms with Gasteiger partial charge < -0.3 is 9.64 Å². The van der Waals surface area contributed by atoms with Crippen LogP contribution in [0.3, 0.4) is 0 Å². The summed E-state index contributed by atoms with van der Waals surface area (Å²) in [4.78, 5) is 35.0. The molecule has 1 aromatic rings. The summed E-state index contributed by atoms with van der Waals surface area (Å²) in [5.74, 6) is 0.425. The highest BCUT2D eigenvalue weighted by Gasteiger charge is 2.46. The molecular weight excluding hydrogens is 264 g/mol. The van der Waals surface area contributed by atoms with Crippen molar-refractivity contribution in [3.63, 3.8) is 0 Å². The third kappa shape index (κ3) is 2.11. The van der Waals surface area contributed by atoms with E-state index in [-0.39, 0.29) is 29.2 Å². The molecule has 1 aromatic carbocycles. The Bertz CT molecular complexity index is 583. The monoisotopic (exact) mass is 276 g/mol. The number of non-ortho nitro benzene ring substituents is 1. The number of carbonyl (C=O) groups excluding carboxylic acids is 2. The van der Waals surface area contributed by atoms with Crippen molar-refractivity contribution in [3.05, 3.63) is 34.4 Å². The van der Waals surface area contributed by atoms with Gasteiger partial charge in [-0.1, -0.05) is 0 Å². The van der Waals surface area contributed by atoms with Gasteiger partial charge in [-0.3, -0.25) is 14.9 Å². The zero-order chi connectivity index (χ0) is 14.3. The van der Waals surface area contributed by atoms with Gasteiger partial charge >= 0.3 is 6.09 Å². The molecule has 0 aromatic heterocycles. The van der Waals surface area contributed by atoms with Gasteiger partial charge in [0.1, 0.15) is 11.5 Å². The van der Waals surface area contributed by atoms with Gasteiger partial charge in [-0.15, -0.1) is 0 Å². The molecule has 2 fully saturated rings. The van der Waals surface area contributed by atoms with Gasteiger partial charge in [-0.05, 0) is 18.6 Å². The highest BCUT2D eigenvalue weighted by Crippen LogP contribution is 2.35. The molecule has 7 nitrogen and oxygen atoms in total. The SMILES string of the molecule is O=C1C[C@H]2C[C@@H]1CN2C(=O)Oc1ccc([N+](=O)[O-])cc1. The standard InChI is InChI=1S/C13H12N2O5/c16-12-6-10-5-8(12)7-14(10)13(17)20-11-3-1-9(2-4-11)15(18)19/h1-4,8,10H,5-7H2/t8-,10-/m1/s1. The summed E-state index contributed by atoms with van der Waals surface area (Å²) in [6, 6.07) is 5.27. The molecule has 0 radical (unpaired) electrons. The van der Waals surface area contributed by atoms with Crippen LogP contribution >= 0.6 is 0 Å². The lowest BCUT2D eigenvalue weighted by atomic mass is 10.1. The molecule has 0 unspecified atom stereocenters. The summed E-state index contributed by atoms with van der Waals surface area (Å²) < 4.78 is 5.17. The molecular formula is C13H12N2O5. The van der Waals surface area contributed by atoms with Gasteiger partial charge in [0.05, 0.1) is 4.92 Å². The van der Waals surface area contributed by atoms with Crippen molar-refractivity contribution in [2.75, 3.05) is 6.54 Å².